The molecule has 3 heteroatoms. The lowest BCUT2D eigenvalue weighted by Gasteiger charge is -2.23. The molecule has 2 unspecified atom stereocenters. The molecule has 0 aliphatic carbocycles. The van der Waals surface area contributed by atoms with Gasteiger partial charge >= 0.3 is 0 Å². The van der Waals surface area contributed by atoms with Crippen molar-refractivity contribution in [3.05, 3.63) is 0 Å². The van der Waals surface area contributed by atoms with Gasteiger partial charge in [-0.2, -0.15) is 0 Å². The molecular weight excluding hydrogens is 160 g/mol. The van der Waals surface area contributed by atoms with Crippen LogP contribution in [-0.2, 0) is 9.84 Å². The molecule has 0 bridgehead atoms. The van der Waals surface area contributed by atoms with Crippen LogP contribution in [0, 0.1) is 11.8 Å². The van der Waals surface area contributed by atoms with E-state index in [1.807, 2.05) is 27.7 Å². The first-order chi connectivity index (χ1) is 4.79. The summed E-state index contributed by atoms with van der Waals surface area (Å²) in [7, 11) is -2.82. The van der Waals surface area contributed by atoms with Gasteiger partial charge in [0.25, 0.3) is 0 Å². The highest BCUT2D eigenvalue weighted by molar-refractivity contribution is 7.93. The third-order valence-electron chi connectivity index (χ3n) is 3.23. The highest BCUT2D eigenvalue weighted by Crippen LogP contribution is 2.40. The molecule has 1 aliphatic heterocycles. The Balaban J connectivity index is 3.12. The predicted molar refractivity (Wildman–Crippen MR) is 46.2 cm³/mol. The average Bonchev–Trinajstić information content (AvgIpc) is 1.93. The van der Waals surface area contributed by atoms with E-state index < -0.39 is 14.6 Å². The molecule has 0 amide bonds. The molecule has 0 aromatic rings. The van der Waals surface area contributed by atoms with Crippen molar-refractivity contribution in [3.8, 4) is 0 Å². The lowest BCUT2D eigenvalue weighted by molar-refractivity contribution is 0.372. The smallest absolute Gasteiger partial charge is 0.156 e. The zero-order chi connectivity index (χ0) is 8.86. The Hall–Kier alpha value is -0.0500. The van der Waals surface area contributed by atoms with E-state index in [2.05, 4.69) is 0 Å². The fourth-order valence-corrected chi connectivity index (χ4v) is 3.88. The normalized spacial score (nSPS) is 40.7. The van der Waals surface area contributed by atoms with Crippen LogP contribution in [0.1, 0.15) is 27.7 Å². The molecule has 1 rings (SSSR count). The van der Waals surface area contributed by atoms with E-state index in [-0.39, 0.29) is 5.92 Å². The molecule has 0 saturated carbocycles. The lowest BCUT2D eigenvalue weighted by atomic mass is 9.87. The van der Waals surface area contributed by atoms with Gasteiger partial charge in [0.15, 0.2) is 9.84 Å². The van der Waals surface area contributed by atoms with Gasteiger partial charge in [-0.3, -0.25) is 0 Å². The maximum atomic E-state index is 11.5. The largest absolute Gasteiger partial charge is 0.228 e. The fourth-order valence-electron chi connectivity index (χ4n) is 1.67. The molecule has 11 heavy (non-hydrogen) atoms. The van der Waals surface area contributed by atoms with E-state index in [4.69, 9.17) is 0 Å². The zero-order valence-electron chi connectivity index (χ0n) is 7.59. The molecule has 0 aromatic carbocycles. The molecule has 1 fully saturated rings. The van der Waals surface area contributed by atoms with Crippen LogP contribution >= 0.6 is 0 Å². The van der Waals surface area contributed by atoms with Gasteiger partial charge < -0.3 is 0 Å². The molecule has 0 radical (unpaired) electrons. The van der Waals surface area contributed by atoms with E-state index in [1.54, 1.807) is 0 Å². The Morgan fingerprint density at radius 3 is 1.82 bits per heavy atom. The van der Waals surface area contributed by atoms with Crippen molar-refractivity contribution in [1.29, 1.82) is 0 Å². The van der Waals surface area contributed by atoms with Crippen molar-refractivity contribution >= 4 is 9.84 Å². The minimum absolute atomic E-state index is 0.285. The SMILES string of the molecule is CC1CS(=O)(=O)C(C)(C)C1C. The second-order valence-corrected chi connectivity index (χ2v) is 6.77. The quantitative estimate of drug-likeness (QED) is 0.560. The molecule has 0 spiro atoms. The summed E-state index contributed by atoms with van der Waals surface area (Å²) in [6, 6.07) is 0. The summed E-state index contributed by atoms with van der Waals surface area (Å²) in [5.41, 5.74) is 0. The van der Waals surface area contributed by atoms with Crippen molar-refractivity contribution in [3.63, 3.8) is 0 Å². The van der Waals surface area contributed by atoms with Gasteiger partial charge in [0, 0.05) is 0 Å². The van der Waals surface area contributed by atoms with Crippen LogP contribution in [0.2, 0.25) is 0 Å². The Bertz CT molecular complexity index is 251. The van der Waals surface area contributed by atoms with Crippen LogP contribution in [0.3, 0.4) is 0 Å². The first-order valence-corrected chi connectivity index (χ1v) is 5.66. The molecule has 2 nitrogen and oxygen atoms in total. The van der Waals surface area contributed by atoms with Gasteiger partial charge in [0.05, 0.1) is 10.5 Å². The first kappa shape index (κ1) is 9.04. The van der Waals surface area contributed by atoms with Gasteiger partial charge in [-0.1, -0.05) is 13.8 Å². The van der Waals surface area contributed by atoms with Gasteiger partial charge in [0.2, 0.25) is 0 Å². The molecule has 0 aromatic heterocycles. The molecule has 1 aliphatic rings. The summed E-state index contributed by atoms with van der Waals surface area (Å²) in [6.45, 7) is 7.69. The van der Waals surface area contributed by atoms with Crippen LogP contribution in [0.25, 0.3) is 0 Å². The number of hydrogen-bond donors (Lipinski definition) is 0. The highest BCUT2D eigenvalue weighted by Gasteiger charge is 2.48. The maximum Gasteiger partial charge on any atom is 0.156 e. The number of hydrogen-bond acceptors (Lipinski definition) is 2. The minimum Gasteiger partial charge on any atom is -0.228 e. The predicted octanol–water partition coefficient (Wildman–Crippen LogP) is 1.47. The van der Waals surface area contributed by atoms with Gasteiger partial charge in [-0.15, -0.1) is 0 Å². The topological polar surface area (TPSA) is 34.1 Å². The van der Waals surface area contributed by atoms with E-state index in [0.29, 0.717) is 11.7 Å². The standard InChI is InChI=1S/C8H16O2S/c1-6-5-11(9,10)8(3,4)7(6)2/h6-7H,5H2,1-4H3. The molecule has 0 N–H and O–H groups in total. The maximum absolute atomic E-state index is 11.5. The van der Waals surface area contributed by atoms with E-state index in [0.717, 1.165) is 0 Å². The highest BCUT2D eigenvalue weighted by atomic mass is 32.2. The summed E-state index contributed by atoms with van der Waals surface area (Å²) in [5.74, 6) is 0.962. The minimum atomic E-state index is -2.82. The summed E-state index contributed by atoms with van der Waals surface area (Å²) in [5, 5.41) is 0. The van der Waals surface area contributed by atoms with Crippen molar-refractivity contribution in [1.82, 2.24) is 0 Å². The Labute approximate surface area is 68.9 Å². The Morgan fingerprint density at radius 2 is 1.73 bits per heavy atom. The Morgan fingerprint density at radius 1 is 1.27 bits per heavy atom. The van der Waals surface area contributed by atoms with Gasteiger partial charge in [-0.25, -0.2) is 8.42 Å². The summed E-state index contributed by atoms with van der Waals surface area (Å²) in [4.78, 5) is 0. The second-order valence-electron chi connectivity index (χ2n) is 4.15. The van der Waals surface area contributed by atoms with Crippen molar-refractivity contribution in [2.45, 2.75) is 32.4 Å². The van der Waals surface area contributed by atoms with Gasteiger partial charge in [-0.05, 0) is 25.7 Å². The van der Waals surface area contributed by atoms with E-state index in [9.17, 15) is 8.42 Å². The van der Waals surface area contributed by atoms with E-state index in [1.165, 1.54) is 0 Å². The first-order valence-electron chi connectivity index (χ1n) is 4.01. The van der Waals surface area contributed by atoms with Crippen LogP contribution in [0.5, 0.6) is 0 Å². The zero-order valence-corrected chi connectivity index (χ0v) is 8.40. The summed E-state index contributed by atoms with van der Waals surface area (Å²) < 4.78 is 22.5. The molecule has 1 heterocycles. The summed E-state index contributed by atoms with van der Waals surface area (Å²) in [6.07, 6.45) is 0. The third-order valence-corrected chi connectivity index (χ3v) is 6.17. The Kier molecular flexibility index (Phi) is 1.82. The monoisotopic (exact) mass is 176 g/mol. The van der Waals surface area contributed by atoms with Crippen LogP contribution < -0.4 is 0 Å². The molecule has 66 valence electrons. The molecule has 1 saturated heterocycles. The van der Waals surface area contributed by atoms with Crippen LogP contribution in [-0.4, -0.2) is 18.9 Å². The summed E-state index contributed by atoms with van der Waals surface area (Å²) >= 11 is 0. The van der Waals surface area contributed by atoms with Gasteiger partial charge in [0.1, 0.15) is 0 Å². The fraction of sp³-hybridized carbons (Fsp3) is 1.00. The molecule has 2 atom stereocenters. The molecular formula is C8H16O2S. The number of rotatable bonds is 0. The van der Waals surface area contributed by atoms with Crippen LogP contribution in [0.15, 0.2) is 0 Å². The second kappa shape index (κ2) is 2.22. The third kappa shape index (κ3) is 1.10. The van der Waals surface area contributed by atoms with Crippen LogP contribution in [0.4, 0.5) is 0 Å². The van der Waals surface area contributed by atoms with Crippen molar-refractivity contribution in [2.24, 2.45) is 11.8 Å². The average molecular weight is 176 g/mol. The van der Waals surface area contributed by atoms with Crippen molar-refractivity contribution in [2.75, 3.05) is 5.75 Å². The van der Waals surface area contributed by atoms with Crippen molar-refractivity contribution < 1.29 is 8.42 Å². The number of sulfone groups is 1. The lowest BCUT2D eigenvalue weighted by Crippen LogP contribution is -2.32. The van der Waals surface area contributed by atoms with E-state index >= 15 is 0 Å².